The maximum absolute atomic E-state index is 6.42. The molecule has 0 atom stereocenters. The van der Waals surface area contributed by atoms with Crippen LogP contribution in [-0.2, 0) is 0 Å². The lowest BCUT2D eigenvalue weighted by atomic mass is 9.97. The second-order valence-corrected chi connectivity index (χ2v) is 15.3. The smallest absolute Gasteiger partial charge is 0.143 e. The van der Waals surface area contributed by atoms with E-state index in [0.717, 1.165) is 50.1 Å². The Bertz CT molecular complexity index is 3270. The van der Waals surface area contributed by atoms with Gasteiger partial charge in [0.05, 0.1) is 0 Å². The van der Waals surface area contributed by atoms with Crippen molar-refractivity contribution in [1.29, 1.82) is 0 Å². The zero-order valence-electron chi connectivity index (χ0n) is 32.9. The van der Waals surface area contributed by atoms with Crippen molar-refractivity contribution < 1.29 is 4.42 Å². The Morgan fingerprint density at radius 2 is 0.700 bits per heavy atom. The third kappa shape index (κ3) is 6.61. The molecule has 2 nitrogen and oxygen atoms in total. The van der Waals surface area contributed by atoms with Gasteiger partial charge in [-0.15, -0.1) is 0 Å². The van der Waals surface area contributed by atoms with Crippen LogP contribution in [0.2, 0.25) is 0 Å². The predicted molar refractivity (Wildman–Crippen MR) is 253 cm³/mol. The van der Waals surface area contributed by atoms with Crippen LogP contribution in [0.5, 0.6) is 0 Å². The van der Waals surface area contributed by atoms with Gasteiger partial charge in [-0.1, -0.05) is 182 Å². The van der Waals surface area contributed by atoms with Crippen molar-refractivity contribution in [2.24, 2.45) is 0 Å². The minimum Gasteiger partial charge on any atom is -0.455 e. The molecule has 11 rings (SSSR count). The van der Waals surface area contributed by atoms with Crippen LogP contribution in [0, 0.1) is 0 Å². The number of hydrogen-bond acceptors (Lipinski definition) is 2. The molecule has 0 unspecified atom stereocenters. The third-order valence-corrected chi connectivity index (χ3v) is 11.7. The monoisotopic (exact) mass is 765 g/mol. The van der Waals surface area contributed by atoms with Crippen LogP contribution in [0.25, 0.3) is 88.3 Å². The van der Waals surface area contributed by atoms with Gasteiger partial charge in [0.25, 0.3) is 0 Å². The molecule has 0 radical (unpaired) electrons. The fourth-order valence-corrected chi connectivity index (χ4v) is 8.55. The van der Waals surface area contributed by atoms with Crippen LogP contribution in [0.15, 0.2) is 241 Å². The molecular weight excluding hydrogens is 727 g/mol. The van der Waals surface area contributed by atoms with Crippen molar-refractivity contribution in [3.05, 3.63) is 237 Å². The first-order valence-electron chi connectivity index (χ1n) is 20.5. The molecule has 1 heterocycles. The van der Waals surface area contributed by atoms with E-state index in [2.05, 4.69) is 229 Å². The van der Waals surface area contributed by atoms with Gasteiger partial charge < -0.3 is 9.32 Å². The molecule has 60 heavy (non-hydrogen) atoms. The van der Waals surface area contributed by atoms with E-state index in [1.807, 2.05) is 12.1 Å². The Hall–Kier alpha value is -7.94. The molecule has 0 N–H and O–H groups in total. The lowest BCUT2D eigenvalue weighted by Crippen LogP contribution is -2.09. The molecule has 0 fully saturated rings. The molecule has 282 valence electrons. The normalized spacial score (nSPS) is 11.3. The van der Waals surface area contributed by atoms with E-state index < -0.39 is 0 Å². The van der Waals surface area contributed by atoms with Crippen molar-refractivity contribution >= 4 is 49.8 Å². The molecule has 0 spiro atoms. The Morgan fingerprint density at radius 3 is 1.37 bits per heavy atom. The fraction of sp³-hybridized carbons (Fsp3) is 0. The summed E-state index contributed by atoms with van der Waals surface area (Å²) < 4.78 is 6.42. The Kier molecular flexibility index (Phi) is 8.87. The molecule has 11 aromatic rings. The van der Waals surface area contributed by atoms with Crippen LogP contribution in [0.4, 0.5) is 17.1 Å². The van der Waals surface area contributed by atoms with Gasteiger partial charge >= 0.3 is 0 Å². The predicted octanol–water partition coefficient (Wildman–Crippen LogP) is 16.5. The molecule has 0 saturated carbocycles. The highest BCUT2D eigenvalue weighted by Gasteiger charge is 2.16. The summed E-state index contributed by atoms with van der Waals surface area (Å²) in [6.45, 7) is 0. The summed E-state index contributed by atoms with van der Waals surface area (Å²) >= 11 is 0. The van der Waals surface area contributed by atoms with Crippen LogP contribution >= 0.6 is 0 Å². The topological polar surface area (TPSA) is 16.4 Å². The van der Waals surface area contributed by atoms with E-state index in [4.69, 9.17) is 4.42 Å². The van der Waals surface area contributed by atoms with Gasteiger partial charge in [-0.3, -0.25) is 0 Å². The lowest BCUT2D eigenvalue weighted by molar-refractivity contribution is 0.670. The molecule has 0 aliphatic carbocycles. The molecular formula is C58H39NO. The summed E-state index contributed by atoms with van der Waals surface area (Å²) in [6, 6.07) is 84.8. The number of benzene rings is 10. The molecule has 0 aliphatic rings. The molecule has 0 amide bonds. The lowest BCUT2D eigenvalue weighted by Gasteiger charge is -2.26. The van der Waals surface area contributed by atoms with Crippen molar-refractivity contribution in [2.75, 3.05) is 4.90 Å². The quantitative estimate of drug-likeness (QED) is 0.153. The van der Waals surface area contributed by atoms with E-state index in [0.29, 0.717) is 0 Å². The summed E-state index contributed by atoms with van der Waals surface area (Å²) in [5.74, 6) is 0. The summed E-state index contributed by atoms with van der Waals surface area (Å²) in [5.41, 5.74) is 16.8. The number of nitrogens with zero attached hydrogens (tertiary/aromatic N) is 1. The van der Waals surface area contributed by atoms with Crippen molar-refractivity contribution in [3.8, 4) is 55.6 Å². The van der Waals surface area contributed by atoms with Crippen molar-refractivity contribution in [3.63, 3.8) is 0 Å². The van der Waals surface area contributed by atoms with Gasteiger partial charge in [0, 0.05) is 33.4 Å². The number of rotatable bonds is 8. The first-order valence-corrected chi connectivity index (χ1v) is 20.5. The van der Waals surface area contributed by atoms with Gasteiger partial charge in [0.15, 0.2) is 0 Å². The fourth-order valence-electron chi connectivity index (χ4n) is 8.55. The second-order valence-electron chi connectivity index (χ2n) is 15.3. The van der Waals surface area contributed by atoms with Crippen LogP contribution < -0.4 is 4.90 Å². The number of fused-ring (bicyclic) bond motifs is 4. The summed E-state index contributed by atoms with van der Waals surface area (Å²) in [6.07, 6.45) is 0. The molecule has 0 aliphatic heterocycles. The van der Waals surface area contributed by atoms with Gasteiger partial charge in [-0.05, 0) is 115 Å². The van der Waals surface area contributed by atoms with Gasteiger partial charge in [0.2, 0.25) is 0 Å². The SMILES string of the molecule is c1ccc(-c2ccc(-c3ccc(N(c4ccc(-c5cccc(-c6ccc7ccccc7c6)c5)cc4)c4ccc(-c5cccc6c5oc5ccccc56)cc4)cc3)cc2)cc1. The summed E-state index contributed by atoms with van der Waals surface area (Å²) in [7, 11) is 0. The maximum Gasteiger partial charge on any atom is 0.143 e. The van der Waals surface area contributed by atoms with E-state index in [9.17, 15) is 0 Å². The zero-order valence-corrected chi connectivity index (χ0v) is 32.9. The van der Waals surface area contributed by atoms with Gasteiger partial charge in [-0.25, -0.2) is 0 Å². The zero-order chi connectivity index (χ0) is 39.8. The minimum absolute atomic E-state index is 0.905. The first-order chi connectivity index (χ1) is 29.7. The van der Waals surface area contributed by atoms with E-state index in [1.165, 1.54) is 55.3 Å². The standard InChI is InChI=1S/C58H39NO/c1-2-10-40(11-3-1)42-20-22-43(23-21-42)44-26-32-51(33-27-44)59(53-36-30-46(31-37-53)54-17-9-18-56-55-16-6-7-19-57(55)60-58(54)56)52-34-28-45(29-35-52)48-14-8-15-49(38-48)50-25-24-41-12-4-5-13-47(41)39-50/h1-39H. The van der Waals surface area contributed by atoms with Crippen molar-refractivity contribution in [1.82, 2.24) is 0 Å². The summed E-state index contributed by atoms with van der Waals surface area (Å²) in [5, 5.41) is 4.77. The minimum atomic E-state index is 0.905. The maximum atomic E-state index is 6.42. The molecule has 0 bridgehead atoms. The van der Waals surface area contributed by atoms with E-state index in [1.54, 1.807) is 0 Å². The largest absolute Gasteiger partial charge is 0.455 e. The molecule has 1 aromatic heterocycles. The number of anilines is 3. The van der Waals surface area contributed by atoms with E-state index in [-0.39, 0.29) is 0 Å². The highest BCUT2D eigenvalue weighted by molar-refractivity contribution is 6.09. The molecule has 10 aromatic carbocycles. The highest BCUT2D eigenvalue weighted by Crippen LogP contribution is 2.40. The van der Waals surface area contributed by atoms with Crippen molar-refractivity contribution in [2.45, 2.75) is 0 Å². The van der Waals surface area contributed by atoms with Gasteiger partial charge in [0.1, 0.15) is 11.2 Å². The Labute approximate surface area is 349 Å². The summed E-state index contributed by atoms with van der Waals surface area (Å²) in [4.78, 5) is 2.34. The number of hydrogen-bond donors (Lipinski definition) is 0. The van der Waals surface area contributed by atoms with Crippen LogP contribution in [0.1, 0.15) is 0 Å². The number of para-hydroxylation sites is 2. The second kappa shape index (κ2) is 15.1. The molecule has 2 heteroatoms. The third-order valence-electron chi connectivity index (χ3n) is 11.7. The Morgan fingerprint density at radius 1 is 0.267 bits per heavy atom. The first kappa shape index (κ1) is 35.2. The van der Waals surface area contributed by atoms with Crippen LogP contribution in [0.3, 0.4) is 0 Å². The Balaban J connectivity index is 0.941. The highest BCUT2D eigenvalue weighted by atomic mass is 16.3. The average Bonchev–Trinajstić information content (AvgIpc) is 3.72. The number of furan rings is 1. The molecule has 0 saturated heterocycles. The van der Waals surface area contributed by atoms with Crippen LogP contribution in [-0.4, -0.2) is 0 Å². The van der Waals surface area contributed by atoms with Gasteiger partial charge in [-0.2, -0.15) is 0 Å². The average molecular weight is 766 g/mol. The van der Waals surface area contributed by atoms with E-state index >= 15 is 0 Å².